The average molecular weight is 186 g/mol. The number of aliphatic hydroxyl groups excluding tert-OH is 1. The lowest BCUT2D eigenvalue weighted by Crippen LogP contribution is -2.17. The van der Waals surface area contributed by atoms with Crippen LogP contribution in [0.3, 0.4) is 0 Å². The topological polar surface area (TPSA) is 29.5 Å². The Balaban J connectivity index is 3.31. The monoisotopic (exact) mass is 186 g/mol. The van der Waals surface area contributed by atoms with Gasteiger partial charge in [0.1, 0.15) is 0 Å². The molecular formula is C7H13F3O2. The highest BCUT2D eigenvalue weighted by molar-refractivity contribution is 4.49. The minimum atomic E-state index is -4.20. The van der Waals surface area contributed by atoms with Crippen LogP contribution < -0.4 is 0 Å². The maximum absolute atomic E-state index is 11.5. The van der Waals surface area contributed by atoms with E-state index in [9.17, 15) is 13.2 Å². The van der Waals surface area contributed by atoms with Gasteiger partial charge in [-0.25, -0.2) is 0 Å². The van der Waals surface area contributed by atoms with E-state index in [1.807, 2.05) is 6.92 Å². The summed E-state index contributed by atoms with van der Waals surface area (Å²) in [5.41, 5.74) is 0. The Morgan fingerprint density at radius 1 is 1.42 bits per heavy atom. The van der Waals surface area contributed by atoms with Crippen LogP contribution in [0.1, 0.15) is 26.2 Å². The first-order chi connectivity index (χ1) is 5.45. The molecule has 0 aliphatic carbocycles. The second kappa shape index (κ2) is 5.37. The van der Waals surface area contributed by atoms with E-state index in [1.54, 1.807) is 0 Å². The third-order valence-electron chi connectivity index (χ3n) is 1.23. The van der Waals surface area contributed by atoms with Crippen molar-refractivity contribution in [3.05, 3.63) is 0 Å². The Morgan fingerprint density at radius 3 is 2.42 bits per heavy atom. The van der Waals surface area contributed by atoms with Crippen LogP contribution in [-0.2, 0) is 4.74 Å². The molecule has 0 aliphatic heterocycles. The molecule has 0 rings (SSSR count). The quantitative estimate of drug-likeness (QED) is 0.666. The van der Waals surface area contributed by atoms with Gasteiger partial charge in [0, 0.05) is 0 Å². The number of alkyl halides is 3. The highest BCUT2D eigenvalue weighted by Gasteiger charge is 2.26. The molecule has 0 saturated carbocycles. The molecule has 1 atom stereocenters. The van der Waals surface area contributed by atoms with Gasteiger partial charge in [-0.3, -0.25) is 0 Å². The molecule has 12 heavy (non-hydrogen) atoms. The fraction of sp³-hybridized carbons (Fsp3) is 1.00. The smallest absolute Gasteiger partial charge is 0.368 e. The standard InChI is InChI=1S/C7H13F3O2/c1-2-3-6(11)12-5-4-7(8,9)10/h6,11H,2-5H2,1H3. The van der Waals surface area contributed by atoms with E-state index in [4.69, 9.17) is 5.11 Å². The molecule has 0 aliphatic rings. The van der Waals surface area contributed by atoms with Gasteiger partial charge in [0.05, 0.1) is 13.0 Å². The van der Waals surface area contributed by atoms with Crippen molar-refractivity contribution >= 4 is 0 Å². The van der Waals surface area contributed by atoms with Gasteiger partial charge in [-0.05, 0) is 6.42 Å². The molecule has 74 valence electrons. The second-order valence-corrected chi connectivity index (χ2v) is 2.48. The van der Waals surface area contributed by atoms with E-state index >= 15 is 0 Å². The van der Waals surface area contributed by atoms with E-state index < -0.39 is 25.5 Å². The zero-order valence-corrected chi connectivity index (χ0v) is 6.90. The molecule has 0 spiro atoms. The van der Waals surface area contributed by atoms with Crippen molar-refractivity contribution in [2.75, 3.05) is 6.61 Å². The van der Waals surface area contributed by atoms with E-state index in [1.165, 1.54) is 0 Å². The number of hydrogen-bond donors (Lipinski definition) is 1. The minimum absolute atomic E-state index is 0.373. The van der Waals surface area contributed by atoms with Crippen LogP contribution in [0.5, 0.6) is 0 Å². The molecule has 0 saturated heterocycles. The van der Waals surface area contributed by atoms with Crippen molar-refractivity contribution in [3.63, 3.8) is 0 Å². The van der Waals surface area contributed by atoms with E-state index in [0.717, 1.165) is 0 Å². The van der Waals surface area contributed by atoms with Crippen LogP contribution in [0.25, 0.3) is 0 Å². The maximum Gasteiger partial charge on any atom is 0.391 e. The molecular weight excluding hydrogens is 173 g/mol. The molecule has 0 aromatic carbocycles. The average Bonchev–Trinajstić information content (AvgIpc) is 1.84. The SMILES string of the molecule is CCCC(O)OCCC(F)(F)F. The van der Waals surface area contributed by atoms with Crippen LogP contribution in [0.2, 0.25) is 0 Å². The fourth-order valence-electron chi connectivity index (χ4n) is 0.641. The van der Waals surface area contributed by atoms with Gasteiger partial charge in [-0.15, -0.1) is 0 Å². The van der Waals surface area contributed by atoms with Crippen LogP contribution in [0.4, 0.5) is 13.2 Å². The summed E-state index contributed by atoms with van der Waals surface area (Å²) in [4.78, 5) is 0. The second-order valence-electron chi connectivity index (χ2n) is 2.48. The molecule has 0 fully saturated rings. The molecule has 0 aromatic rings. The molecule has 2 nitrogen and oxygen atoms in total. The van der Waals surface area contributed by atoms with Gasteiger partial charge in [-0.1, -0.05) is 13.3 Å². The molecule has 0 heterocycles. The first kappa shape index (κ1) is 11.7. The van der Waals surface area contributed by atoms with Crippen LogP contribution in [0, 0.1) is 0 Å². The largest absolute Gasteiger partial charge is 0.391 e. The number of halogens is 3. The highest BCUT2D eigenvalue weighted by Crippen LogP contribution is 2.19. The Hall–Kier alpha value is -0.290. The van der Waals surface area contributed by atoms with Crippen molar-refractivity contribution in [2.45, 2.75) is 38.7 Å². The Morgan fingerprint density at radius 2 is 2.00 bits per heavy atom. The summed E-state index contributed by atoms with van der Waals surface area (Å²) < 4.78 is 39.1. The zero-order chi connectivity index (χ0) is 9.61. The van der Waals surface area contributed by atoms with Crippen LogP contribution >= 0.6 is 0 Å². The highest BCUT2D eigenvalue weighted by atomic mass is 19.4. The molecule has 5 heteroatoms. The number of rotatable bonds is 5. The lowest BCUT2D eigenvalue weighted by atomic mass is 10.3. The number of hydrogen-bond acceptors (Lipinski definition) is 2. The lowest BCUT2D eigenvalue weighted by Gasteiger charge is -2.11. The van der Waals surface area contributed by atoms with Crippen molar-refractivity contribution in [1.29, 1.82) is 0 Å². The first-order valence-electron chi connectivity index (χ1n) is 3.82. The molecule has 0 amide bonds. The lowest BCUT2D eigenvalue weighted by molar-refractivity contribution is -0.168. The zero-order valence-electron chi connectivity index (χ0n) is 6.90. The Labute approximate surface area is 69.3 Å². The predicted octanol–water partition coefficient (Wildman–Crippen LogP) is 2.07. The molecule has 0 radical (unpaired) electrons. The summed E-state index contributed by atoms with van der Waals surface area (Å²) in [6.07, 6.45) is -5.21. The van der Waals surface area contributed by atoms with Crippen molar-refractivity contribution in [2.24, 2.45) is 0 Å². The number of ether oxygens (including phenoxy) is 1. The summed E-state index contributed by atoms with van der Waals surface area (Å²) in [5.74, 6) is 0. The van der Waals surface area contributed by atoms with Gasteiger partial charge in [0.2, 0.25) is 0 Å². The third-order valence-corrected chi connectivity index (χ3v) is 1.23. The van der Waals surface area contributed by atoms with Gasteiger partial charge in [-0.2, -0.15) is 13.2 Å². The maximum atomic E-state index is 11.5. The third kappa shape index (κ3) is 7.81. The van der Waals surface area contributed by atoms with Gasteiger partial charge in [0.15, 0.2) is 6.29 Å². The minimum Gasteiger partial charge on any atom is -0.368 e. The summed E-state index contributed by atoms with van der Waals surface area (Å²) in [5, 5.41) is 8.86. The summed E-state index contributed by atoms with van der Waals surface area (Å²) in [6.45, 7) is 1.35. The molecule has 1 N–H and O–H groups in total. The van der Waals surface area contributed by atoms with Gasteiger partial charge in [0.25, 0.3) is 0 Å². The van der Waals surface area contributed by atoms with E-state index in [0.29, 0.717) is 12.8 Å². The fourth-order valence-corrected chi connectivity index (χ4v) is 0.641. The first-order valence-corrected chi connectivity index (χ1v) is 3.82. The van der Waals surface area contributed by atoms with E-state index in [-0.39, 0.29) is 0 Å². The van der Waals surface area contributed by atoms with Crippen molar-refractivity contribution < 1.29 is 23.0 Å². The molecule has 0 bridgehead atoms. The summed E-state index contributed by atoms with van der Waals surface area (Å²) in [7, 11) is 0. The molecule has 0 aromatic heterocycles. The molecule has 1 unspecified atom stereocenters. The number of aliphatic hydroxyl groups is 1. The van der Waals surface area contributed by atoms with Crippen LogP contribution in [0.15, 0.2) is 0 Å². The Kier molecular flexibility index (Phi) is 5.24. The van der Waals surface area contributed by atoms with Crippen molar-refractivity contribution in [3.8, 4) is 0 Å². The van der Waals surface area contributed by atoms with Crippen molar-refractivity contribution in [1.82, 2.24) is 0 Å². The normalized spacial score (nSPS) is 14.8. The van der Waals surface area contributed by atoms with E-state index in [2.05, 4.69) is 4.74 Å². The predicted molar refractivity (Wildman–Crippen MR) is 37.5 cm³/mol. The summed E-state index contributed by atoms with van der Waals surface area (Å²) >= 11 is 0. The van der Waals surface area contributed by atoms with Crippen LogP contribution in [-0.4, -0.2) is 24.2 Å². The summed E-state index contributed by atoms with van der Waals surface area (Å²) in [6, 6.07) is 0. The van der Waals surface area contributed by atoms with Gasteiger partial charge >= 0.3 is 6.18 Å². The Bertz CT molecular complexity index is 114. The van der Waals surface area contributed by atoms with Gasteiger partial charge < -0.3 is 9.84 Å².